The molecule has 2 aromatic carbocycles. The van der Waals surface area contributed by atoms with Gasteiger partial charge < -0.3 is 15.1 Å². The van der Waals surface area contributed by atoms with Crippen LogP contribution in [0.1, 0.15) is 6.42 Å². The van der Waals surface area contributed by atoms with E-state index in [0.717, 1.165) is 59.9 Å². The summed E-state index contributed by atoms with van der Waals surface area (Å²) in [6, 6.07) is 17.6. The van der Waals surface area contributed by atoms with Crippen LogP contribution in [0.25, 0.3) is 33.5 Å². The zero-order chi connectivity index (χ0) is 31.2. The molecule has 0 saturated carbocycles. The number of carbonyl (C=O) groups excluding carboxylic acids is 1. The third-order valence-corrected chi connectivity index (χ3v) is 7.89. The number of likely N-dealkylation sites (N-methyl/N-ethyl adjacent to an activating group) is 1. The number of benzene rings is 2. The molecule has 6 rings (SSSR count). The maximum atomic E-state index is 13.4. The second kappa shape index (κ2) is 13.6. The normalized spacial score (nSPS) is 13.9. The van der Waals surface area contributed by atoms with Gasteiger partial charge in [-0.25, -0.2) is 19.3 Å². The first-order chi connectivity index (χ1) is 22.0. The Morgan fingerprint density at radius 3 is 2.47 bits per heavy atom. The number of nitrogens with one attached hydrogen (secondary N) is 2. The van der Waals surface area contributed by atoms with E-state index in [-0.39, 0.29) is 11.7 Å². The summed E-state index contributed by atoms with van der Waals surface area (Å²) in [6.45, 7) is 4.58. The number of anilines is 2. The fraction of sp³-hybridized carbons (Fsp3) is 0.273. The van der Waals surface area contributed by atoms with Crippen molar-refractivity contribution in [1.82, 2.24) is 34.9 Å². The summed E-state index contributed by atoms with van der Waals surface area (Å²) in [6.07, 6.45) is 5.62. The summed E-state index contributed by atoms with van der Waals surface area (Å²) >= 11 is 0. The molecule has 0 bridgehead atoms. The lowest BCUT2D eigenvalue weighted by molar-refractivity contribution is -0.116. The number of hydrogen-bond donors (Lipinski definition) is 2. The average molecular weight is 607 g/mol. The third kappa shape index (κ3) is 7.13. The van der Waals surface area contributed by atoms with Gasteiger partial charge in [0.2, 0.25) is 5.91 Å². The molecule has 1 fully saturated rings. The van der Waals surface area contributed by atoms with Gasteiger partial charge in [0.25, 0.3) is 0 Å². The molecule has 1 aliphatic heterocycles. The van der Waals surface area contributed by atoms with Gasteiger partial charge in [0.05, 0.1) is 17.8 Å². The Kier molecular flexibility index (Phi) is 9.01. The predicted molar refractivity (Wildman–Crippen MR) is 175 cm³/mol. The van der Waals surface area contributed by atoms with Crippen LogP contribution in [0.4, 0.5) is 15.9 Å². The molecule has 3 aromatic heterocycles. The number of H-pyrrole nitrogens is 1. The highest BCUT2D eigenvalue weighted by Crippen LogP contribution is 2.28. The molecule has 11 nitrogen and oxygen atoms in total. The Bertz CT molecular complexity index is 1770. The second-order valence-corrected chi connectivity index (χ2v) is 11.0. The maximum Gasteiger partial charge on any atom is 0.225 e. The first-order valence-corrected chi connectivity index (χ1v) is 14.9. The third-order valence-electron chi connectivity index (χ3n) is 7.89. The molecule has 0 atom stereocenters. The molecule has 1 saturated heterocycles. The number of rotatable bonds is 9. The molecule has 12 heteroatoms. The molecule has 1 amide bonds. The number of hydrogen-bond acceptors (Lipinski definition) is 8. The zero-order valence-electron chi connectivity index (χ0n) is 25.3. The molecule has 4 heterocycles. The molecule has 0 spiro atoms. The molecule has 2 N–H and O–H groups in total. The van der Waals surface area contributed by atoms with Crippen LogP contribution in [0.5, 0.6) is 0 Å². The zero-order valence-corrected chi connectivity index (χ0v) is 25.3. The van der Waals surface area contributed by atoms with E-state index in [4.69, 9.17) is 0 Å². The Morgan fingerprint density at radius 2 is 1.76 bits per heavy atom. The first kappa shape index (κ1) is 29.8. The van der Waals surface area contributed by atoms with Gasteiger partial charge in [0, 0.05) is 87.0 Å². The van der Waals surface area contributed by atoms with Crippen LogP contribution >= 0.6 is 0 Å². The lowest BCUT2D eigenvalue weighted by Crippen LogP contribution is -2.51. The van der Waals surface area contributed by atoms with Crippen molar-refractivity contribution in [3.05, 3.63) is 85.1 Å². The molecule has 1 aliphatic rings. The topological polar surface area (TPSA) is 119 Å². The Hall–Kier alpha value is -5.23. The Labute approximate surface area is 260 Å². The van der Waals surface area contributed by atoms with E-state index in [2.05, 4.69) is 50.2 Å². The first-order valence-electron chi connectivity index (χ1n) is 14.9. The number of amidine groups is 1. The molecule has 230 valence electrons. The van der Waals surface area contributed by atoms with Gasteiger partial charge in [-0.3, -0.25) is 19.8 Å². The van der Waals surface area contributed by atoms with Crippen LogP contribution in [0.2, 0.25) is 0 Å². The number of nitrogens with zero attached hydrogens (tertiary/aromatic N) is 8. The largest absolute Gasteiger partial charge is 0.356 e. The summed E-state index contributed by atoms with van der Waals surface area (Å²) in [5, 5.41) is 11.3. The lowest BCUT2D eigenvalue weighted by Gasteiger charge is -2.38. The Morgan fingerprint density at radius 1 is 1.00 bits per heavy atom. The van der Waals surface area contributed by atoms with E-state index >= 15 is 0 Å². The number of pyridine rings is 1. The molecule has 5 aromatic rings. The SMILES string of the molecule is CN=C(CN(C)CCC(=O)Nc1ccc2[nH]nc(-c3ccc(F)cc3)c2c1)N1CCN(c2ccc(-c3ncccn3)cn2)CC1. The van der Waals surface area contributed by atoms with Gasteiger partial charge in [0.1, 0.15) is 17.5 Å². The van der Waals surface area contributed by atoms with Gasteiger partial charge in [-0.15, -0.1) is 0 Å². The van der Waals surface area contributed by atoms with Crippen LogP contribution in [0.15, 0.2) is 84.2 Å². The van der Waals surface area contributed by atoms with E-state index in [1.165, 1.54) is 12.1 Å². The van der Waals surface area contributed by atoms with Crippen LogP contribution < -0.4 is 10.2 Å². The summed E-state index contributed by atoms with van der Waals surface area (Å²) in [7, 11) is 3.82. The van der Waals surface area contributed by atoms with Crippen molar-refractivity contribution in [1.29, 1.82) is 0 Å². The van der Waals surface area contributed by atoms with Crippen LogP contribution in [0, 0.1) is 5.82 Å². The minimum absolute atomic E-state index is 0.0750. The monoisotopic (exact) mass is 606 g/mol. The summed E-state index contributed by atoms with van der Waals surface area (Å²) in [5.74, 6) is 2.23. The van der Waals surface area contributed by atoms with Gasteiger partial charge >= 0.3 is 0 Å². The van der Waals surface area contributed by atoms with Crippen LogP contribution in [-0.2, 0) is 4.79 Å². The van der Waals surface area contributed by atoms with E-state index in [9.17, 15) is 9.18 Å². The minimum atomic E-state index is -0.300. The average Bonchev–Trinajstić information content (AvgIpc) is 3.50. The number of aromatic nitrogens is 5. The minimum Gasteiger partial charge on any atom is -0.356 e. The number of piperazine rings is 1. The fourth-order valence-corrected chi connectivity index (χ4v) is 5.42. The summed E-state index contributed by atoms with van der Waals surface area (Å²) in [5.41, 5.74) is 3.93. The lowest BCUT2D eigenvalue weighted by atomic mass is 10.1. The quantitative estimate of drug-likeness (QED) is 0.188. The molecule has 0 aliphatic carbocycles. The van der Waals surface area contributed by atoms with Crippen molar-refractivity contribution >= 4 is 34.2 Å². The van der Waals surface area contributed by atoms with Crippen molar-refractivity contribution in [2.45, 2.75) is 6.42 Å². The smallest absolute Gasteiger partial charge is 0.225 e. The van der Waals surface area contributed by atoms with E-state index in [0.29, 0.717) is 36.7 Å². The summed E-state index contributed by atoms with van der Waals surface area (Å²) < 4.78 is 13.4. The number of carbonyl (C=O) groups is 1. The Balaban J connectivity index is 0.977. The van der Waals surface area contributed by atoms with Crippen LogP contribution in [0.3, 0.4) is 0 Å². The molecule has 0 radical (unpaired) electrons. The highest BCUT2D eigenvalue weighted by molar-refractivity contribution is 5.98. The van der Waals surface area contributed by atoms with Crippen molar-refractivity contribution in [2.75, 3.05) is 63.6 Å². The second-order valence-electron chi connectivity index (χ2n) is 11.0. The molecule has 45 heavy (non-hydrogen) atoms. The van der Waals surface area contributed by atoms with Gasteiger partial charge in [-0.05, 0) is 67.7 Å². The number of amides is 1. The van der Waals surface area contributed by atoms with E-state index < -0.39 is 0 Å². The van der Waals surface area contributed by atoms with E-state index in [1.54, 1.807) is 30.6 Å². The number of aromatic amines is 1. The van der Waals surface area contributed by atoms with Gasteiger partial charge in [-0.1, -0.05) is 0 Å². The number of fused-ring (bicyclic) bond motifs is 1. The van der Waals surface area contributed by atoms with Gasteiger partial charge in [0.15, 0.2) is 5.82 Å². The molecular formula is C33H35FN10O. The standard InChI is InChI=1S/C33H35FN10O/c1-35-30(44-18-16-43(17-19-44)29-11-6-24(21-38-29)33-36-13-3-14-37-33)22-42(2)15-12-31(45)39-26-9-10-28-27(20-26)32(41-40-28)23-4-7-25(34)8-5-23/h3-11,13-14,20-21H,12,15-19,22H2,1-2H3,(H,39,45)(H,40,41). The molecular weight excluding hydrogens is 571 g/mol. The fourth-order valence-electron chi connectivity index (χ4n) is 5.42. The van der Waals surface area contributed by atoms with Gasteiger partial charge in [-0.2, -0.15) is 5.10 Å². The van der Waals surface area contributed by atoms with E-state index in [1.807, 2.05) is 50.6 Å². The molecule has 0 unspecified atom stereocenters. The van der Waals surface area contributed by atoms with Crippen LogP contribution in [-0.4, -0.2) is 100 Å². The van der Waals surface area contributed by atoms with Crippen molar-refractivity contribution in [3.63, 3.8) is 0 Å². The van der Waals surface area contributed by atoms with Crippen molar-refractivity contribution in [2.24, 2.45) is 4.99 Å². The number of halogens is 1. The van der Waals surface area contributed by atoms with Crippen molar-refractivity contribution in [3.8, 4) is 22.6 Å². The maximum absolute atomic E-state index is 13.4. The highest BCUT2D eigenvalue weighted by Gasteiger charge is 2.22. The predicted octanol–water partition coefficient (Wildman–Crippen LogP) is 4.33. The summed E-state index contributed by atoms with van der Waals surface area (Å²) in [4.78, 5) is 37.4. The van der Waals surface area contributed by atoms with Crippen molar-refractivity contribution < 1.29 is 9.18 Å². The number of aliphatic imine (C=N–C) groups is 1. The highest BCUT2D eigenvalue weighted by atomic mass is 19.1.